The van der Waals surface area contributed by atoms with E-state index in [1.165, 1.54) is 11.3 Å². The lowest BCUT2D eigenvalue weighted by Gasteiger charge is -2.24. The van der Waals surface area contributed by atoms with Gasteiger partial charge in [-0.3, -0.25) is 9.67 Å². The minimum Gasteiger partial charge on any atom is -0.357 e. The van der Waals surface area contributed by atoms with Gasteiger partial charge < -0.3 is 10.6 Å². The molecule has 1 aliphatic carbocycles. The maximum Gasteiger partial charge on any atom is 0.191 e. The van der Waals surface area contributed by atoms with Crippen LogP contribution < -0.4 is 10.6 Å². The van der Waals surface area contributed by atoms with Crippen LogP contribution in [0.5, 0.6) is 0 Å². The van der Waals surface area contributed by atoms with Crippen molar-refractivity contribution in [3.05, 3.63) is 17.5 Å². The van der Waals surface area contributed by atoms with Crippen molar-refractivity contribution in [1.29, 1.82) is 0 Å². The van der Waals surface area contributed by atoms with Gasteiger partial charge in [0.15, 0.2) is 5.96 Å². The summed E-state index contributed by atoms with van der Waals surface area (Å²) in [5, 5.41) is 11.6. The molecule has 2 rings (SSSR count). The third-order valence-electron chi connectivity index (χ3n) is 3.80. The average molecular weight is 419 g/mol. The molecule has 0 saturated heterocycles. The lowest BCUT2D eigenvalue weighted by molar-refractivity contribution is 0.499. The summed E-state index contributed by atoms with van der Waals surface area (Å²) in [6.45, 7) is 10.4. The Balaban J connectivity index is 0.00000242. The third-order valence-corrected chi connectivity index (χ3v) is 3.80. The van der Waals surface area contributed by atoms with E-state index in [2.05, 4.69) is 54.2 Å². The Hall–Kier alpha value is -0.790. The SMILES string of the molecule is CCCN=C(NCC)NC1CCc2cn(C(C)C)nc2C1.I. The molecule has 126 valence electrons. The van der Waals surface area contributed by atoms with Crippen LogP contribution in [0, 0.1) is 0 Å². The molecule has 1 heterocycles. The van der Waals surface area contributed by atoms with Gasteiger partial charge in [0.1, 0.15) is 0 Å². The molecule has 0 fully saturated rings. The quantitative estimate of drug-likeness (QED) is 0.439. The number of aryl methyl sites for hydroxylation is 1. The predicted molar refractivity (Wildman–Crippen MR) is 103 cm³/mol. The zero-order chi connectivity index (χ0) is 15.2. The van der Waals surface area contributed by atoms with Crippen molar-refractivity contribution in [1.82, 2.24) is 20.4 Å². The molecule has 1 unspecified atom stereocenters. The Morgan fingerprint density at radius 1 is 1.45 bits per heavy atom. The fourth-order valence-corrected chi connectivity index (χ4v) is 2.64. The molecule has 1 aliphatic rings. The van der Waals surface area contributed by atoms with Gasteiger partial charge in [-0.2, -0.15) is 5.10 Å². The van der Waals surface area contributed by atoms with E-state index in [1.54, 1.807) is 0 Å². The highest BCUT2D eigenvalue weighted by molar-refractivity contribution is 14.0. The van der Waals surface area contributed by atoms with E-state index in [4.69, 9.17) is 5.10 Å². The molecule has 0 amide bonds. The van der Waals surface area contributed by atoms with Crippen LogP contribution in [0.1, 0.15) is 57.8 Å². The van der Waals surface area contributed by atoms with Gasteiger partial charge in [-0.1, -0.05) is 6.92 Å². The fraction of sp³-hybridized carbons (Fsp3) is 0.750. The van der Waals surface area contributed by atoms with Crippen molar-refractivity contribution in [2.45, 2.75) is 65.5 Å². The molecule has 0 saturated carbocycles. The average Bonchev–Trinajstić information content (AvgIpc) is 2.88. The Morgan fingerprint density at radius 2 is 2.23 bits per heavy atom. The second-order valence-corrected chi connectivity index (χ2v) is 6.02. The molecule has 0 bridgehead atoms. The number of rotatable bonds is 5. The first kappa shape index (κ1) is 19.3. The van der Waals surface area contributed by atoms with Gasteiger partial charge in [-0.05, 0) is 45.6 Å². The largest absolute Gasteiger partial charge is 0.357 e. The van der Waals surface area contributed by atoms with Crippen molar-refractivity contribution in [3.8, 4) is 0 Å². The fourth-order valence-electron chi connectivity index (χ4n) is 2.64. The first-order valence-corrected chi connectivity index (χ1v) is 8.25. The molecular weight excluding hydrogens is 389 g/mol. The van der Waals surface area contributed by atoms with E-state index in [9.17, 15) is 0 Å². The highest BCUT2D eigenvalue weighted by atomic mass is 127. The van der Waals surface area contributed by atoms with E-state index in [1.807, 2.05) is 0 Å². The van der Waals surface area contributed by atoms with E-state index >= 15 is 0 Å². The second kappa shape index (κ2) is 9.37. The number of guanidine groups is 1. The van der Waals surface area contributed by atoms with Crippen LogP contribution in [0.25, 0.3) is 0 Å². The zero-order valence-electron chi connectivity index (χ0n) is 14.2. The number of hydrogen-bond donors (Lipinski definition) is 2. The molecule has 0 aliphatic heterocycles. The standard InChI is InChI=1S/C16H29N5.HI/c1-5-9-18-16(17-6-2)19-14-8-7-13-11-21(12(3)4)20-15(13)10-14;/h11-12,14H,5-10H2,1-4H3,(H2,17,18,19);1H. The molecule has 1 aromatic heterocycles. The highest BCUT2D eigenvalue weighted by Crippen LogP contribution is 2.21. The number of aliphatic imine (C=N–C) groups is 1. The number of nitrogens with zero attached hydrogens (tertiary/aromatic N) is 3. The summed E-state index contributed by atoms with van der Waals surface area (Å²) in [5.74, 6) is 0.941. The van der Waals surface area contributed by atoms with Crippen LogP contribution in [0.2, 0.25) is 0 Å². The maximum atomic E-state index is 4.73. The second-order valence-electron chi connectivity index (χ2n) is 6.02. The van der Waals surface area contributed by atoms with Gasteiger partial charge in [0, 0.05) is 37.8 Å². The smallest absolute Gasteiger partial charge is 0.191 e. The summed E-state index contributed by atoms with van der Waals surface area (Å²) in [4.78, 5) is 4.58. The van der Waals surface area contributed by atoms with Crippen molar-refractivity contribution in [3.63, 3.8) is 0 Å². The summed E-state index contributed by atoms with van der Waals surface area (Å²) in [5.41, 5.74) is 2.66. The number of aromatic nitrogens is 2. The first-order chi connectivity index (χ1) is 10.1. The topological polar surface area (TPSA) is 54.2 Å². The summed E-state index contributed by atoms with van der Waals surface area (Å²) < 4.78 is 2.09. The van der Waals surface area contributed by atoms with Gasteiger partial charge in [0.05, 0.1) is 5.69 Å². The van der Waals surface area contributed by atoms with E-state index < -0.39 is 0 Å². The Kier molecular flexibility index (Phi) is 8.20. The Morgan fingerprint density at radius 3 is 2.86 bits per heavy atom. The molecular formula is C16H30IN5. The number of fused-ring (bicyclic) bond motifs is 1. The summed E-state index contributed by atoms with van der Waals surface area (Å²) in [6, 6.07) is 0.869. The predicted octanol–water partition coefficient (Wildman–Crippen LogP) is 2.90. The van der Waals surface area contributed by atoms with Gasteiger partial charge in [0.2, 0.25) is 0 Å². The monoisotopic (exact) mass is 419 g/mol. The van der Waals surface area contributed by atoms with Crippen molar-refractivity contribution >= 4 is 29.9 Å². The molecule has 5 nitrogen and oxygen atoms in total. The van der Waals surface area contributed by atoms with E-state index in [0.29, 0.717) is 12.1 Å². The molecule has 2 N–H and O–H groups in total. The number of hydrogen-bond acceptors (Lipinski definition) is 2. The van der Waals surface area contributed by atoms with Crippen molar-refractivity contribution < 1.29 is 0 Å². The lowest BCUT2D eigenvalue weighted by atomic mass is 9.94. The van der Waals surface area contributed by atoms with Crippen LogP contribution in [-0.2, 0) is 12.8 Å². The van der Waals surface area contributed by atoms with Crippen LogP contribution in [0.4, 0.5) is 0 Å². The van der Waals surface area contributed by atoms with Gasteiger partial charge in [-0.15, -0.1) is 24.0 Å². The number of nitrogens with one attached hydrogen (secondary N) is 2. The highest BCUT2D eigenvalue weighted by Gasteiger charge is 2.22. The summed E-state index contributed by atoms with van der Waals surface area (Å²) in [6.07, 6.45) is 6.53. The van der Waals surface area contributed by atoms with Crippen molar-refractivity contribution in [2.75, 3.05) is 13.1 Å². The van der Waals surface area contributed by atoms with E-state index in [0.717, 1.165) is 44.7 Å². The van der Waals surface area contributed by atoms with Crippen LogP contribution in [-0.4, -0.2) is 34.9 Å². The summed E-state index contributed by atoms with van der Waals surface area (Å²) >= 11 is 0. The van der Waals surface area contributed by atoms with E-state index in [-0.39, 0.29) is 24.0 Å². The molecule has 0 radical (unpaired) electrons. The molecule has 0 aromatic carbocycles. The molecule has 0 spiro atoms. The molecule has 1 atom stereocenters. The first-order valence-electron chi connectivity index (χ1n) is 8.25. The molecule has 6 heteroatoms. The zero-order valence-corrected chi connectivity index (χ0v) is 16.6. The minimum atomic E-state index is 0. The molecule has 1 aromatic rings. The van der Waals surface area contributed by atoms with Crippen molar-refractivity contribution in [2.24, 2.45) is 4.99 Å². The third kappa shape index (κ3) is 5.14. The van der Waals surface area contributed by atoms with Gasteiger partial charge >= 0.3 is 0 Å². The Bertz CT molecular complexity index is 481. The Labute approximate surface area is 151 Å². The lowest BCUT2D eigenvalue weighted by Crippen LogP contribution is -2.45. The van der Waals surface area contributed by atoms with Gasteiger partial charge in [-0.25, -0.2) is 0 Å². The number of halogens is 1. The summed E-state index contributed by atoms with van der Waals surface area (Å²) in [7, 11) is 0. The van der Waals surface area contributed by atoms with Crippen LogP contribution in [0.3, 0.4) is 0 Å². The van der Waals surface area contributed by atoms with Gasteiger partial charge in [0.25, 0.3) is 0 Å². The van der Waals surface area contributed by atoms with Crippen LogP contribution in [0.15, 0.2) is 11.2 Å². The minimum absolute atomic E-state index is 0. The maximum absolute atomic E-state index is 4.73. The molecule has 22 heavy (non-hydrogen) atoms. The normalized spacial score (nSPS) is 17.9. The van der Waals surface area contributed by atoms with Crippen LogP contribution >= 0.6 is 24.0 Å².